The van der Waals surface area contributed by atoms with Gasteiger partial charge in [0.2, 0.25) is 11.8 Å². The van der Waals surface area contributed by atoms with Crippen LogP contribution in [0.15, 0.2) is 22.7 Å². The minimum Gasteiger partial charge on any atom is -0.334 e. The fourth-order valence-corrected chi connectivity index (χ4v) is 2.04. The summed E-state index contributed by atoms with van der Waals surface area (Å²) in [4.78, 5) is 24.8. The number of rotatable bonds is 5. The summed E-state index contributed by atoms with van der Waals surface area (Å²) in [5.41, 5.74) is 1.83. The highest BCUT2D eigenvalue weighted by molar-refractivity contribution is 9.10. The normalized spacial score (nSPS) is 10.1. The van der Waals surface area contributed by atoms with Crippen LogP contribution in [0.1, 0.15) is 25.8 Å². The molecule has 0 radical (unpaired) electrons. The molecular formula is C14H19BrN2O2. The van der Waals surface area contributed by atoms with Crippen molar-refractivity contribution >= 4 is 33.4 Å². The van der Waals surface area contributed by atoms with Gasteiger partial charge in [0.15, 0.2) is 0 Å². The van der Waals surface area contributed by atoms with E-state index in [4.69, 9.17) is 0 Å². The number of carbonyl (C=O) groups is 2. The van der Waals surface area contributed by atoms with Crippen molar-refractivity contribution in [2.75, 3.05) is 18.4 Å². The number of hydrogen-bond acceptors (Lipinski definition) is 2. The zero-order chi connectivity index (χ0) is 14.4. The van der Waals surface area contributed by atoms with Crippen molar-refractivity contribution in [1.29, 1.82) is 0 Å². The summed E-state index contributed by atoms with van der Waals surface area (Å²) in [6, 6.07) is 5.62. The average molecular weight is 327 g/mol. The van der Waals surface area contributed by atoms with E-state index in [1.165, 1.54) is 6.92 Å². The number of aryl methyl sites for hydroxylation is 1. The van der Waals surface area contributed by atoms with Gasteiger partial charge < -0.3 is 10.2 Å². The van der Waals surface area contributed by atoms with Crippen LogP contribution in [0.25, 0.3) is 0 Å². The van der Waals surface area contributed by atoms with E-state index in [9.17, 15) is 9.59 Å². The highest BCUT2D eigenvalue weighted by Crippen LogP contribution is 2.20. The van der Waals surface area contributed by atoms with Crippen molar-refractivity contribution in [2.24, 2.45) is 0 Å². The van der Waals surface area contributed by atoms with Gasteiger partial charge in [0.1, 0.15) is 0 Å². The Hall–Kier alpha value is -1.36. The third-order valence-corrected chi connectivity index (χ3v) is 3.58. The lowest BCUT2D eigenvalue weighted by Crippen LogP contribution is -2.37. The molecule has 0 aliphatic carbocycles. The second kappa shape index (κ2) is 7.28. The van der Waals surface area contributed by atoms with E-state index >= 15 is 0 Å². The van der Waals surface area contributed by atoms with Gasteiger partial charge in [-0.1, -0.05) is 28.9 Å². The number of nitrogens with zero attached hydrogens (tertiary/aromatic N) is 1. The lowest BCUT2D eigenvalue weighted by molar-refractivity contribution is -0.132. The Bertz CT molecular complexity index is 475. The lowest BCUT2D eigenvalue weighted by Gasteiger charge is -2.19. The summed E-state index contributed by atoms with van der Waals surface area (Å²) in [5, 5.41) is 2.79. The largest absolute Gasteiger partial charge is 0.334 e. The van der Waals surface area contributed by atoms with E-state index in [2.05, 4.69) is 21.2 Å². The summed E-state index contributed by atoms with van der Waals surface area (Å²) in [6.45, 7) is 6.12. The van der Waals surface area contributed by atoms with Gasteiger partial charge >= 0.3 is 0 Å². The fourth-order valence-electron chi connectivity index (χ4n) is 1.66. The van der Waals surface area contributed by atoms with Gasteiger partial charge in [-0.25, -0.2) is 0 Å². The van der Waals surface area contributed by atoms with Gasteiger partial charge in [0.05, 0.1) is 6.54 Å². The molecule has 1 N–H and O–H groups in total. The van der Waals surface area contributed by atoms with E-state index < -0.39 is 0 Å². The highest BCUT2D eigenvalue weighted by atomic mass is 79.9. The molecule has 0 unspecified atom stereocenters. The molecule has 5 heteroatoms. The number of benzene rings is 1. The van der Waals surface area contributed by atoms with Gasteiger partial charge in [0, 0.05) is 23.6 Å². The van der Waals surface area contributed by atoms with Crippen molar-refractivity contribution < 1.29 is 9.59 Å². The number of nitrogens with one attached hydrogen (secondary N) is 1. The Morgan fingerprint density at radius 3 is 2.58 bits per heavy atom. The van der Waals surface area contributed by atoms with Crippen LogP contribution in [0.5, 0.6) is 0 Å². The first kappa shape index (κ1) is 15.7. The zero-order valence-corrected chi connectivity index (χ0v) is 13.1. The van der Waals surface area contributed by atoms with E-state index in [0.717, 1.165) is 22.1 Å². The summed E-state index contributed by atoms with van der Waals surface area (Å²) >= 11 is 3.42. The van der Waals surface area contributed by atoms with Crippen LogP contribution in [0.4, 0.5) is 5.69 Å². The molecule has 0 aromatic heterocycles. The van der Waals surface area contributed by atoms with Crippen molar-refractivity contribution in [2.45, 2.75) is 27.2 Å². The first-order chi connectivity index (χ1) is 8.93. The molecule has 0 saturated heterocycles. The van der Waals surface area contributed by atoms with Crippen LogP contribution >= 0.6 is 15.9 Å². The summed E-state index contributed by atoms with van der Waals surface area (Å²) in [6.07, 6.45) is 0.836. The molecule has 0 aliphatic heterocycles. The molecule has 4 nitrogen and oxygen atoms in total. The topological polar surface area (TPSA) is 49.4 Å². The third kappa shape index (κ3) is 5.03. The number of hydrogen-bond donors (Lipinski definition) is 1. The minimum absolute atomic E-state index is 0.0814. The molecule has 0 atom stereocenters. The molecule has 0 aliphatic rings. The van der Waals surface area contributed by atoms with E-state index in [-0.39, 0.29) is 18.4 Å². The number of anilines is 1. The van der Waals surface area contributed by atoms with Crippen LogP contribution in [-0.4, -0.2) is 29.8 Å². The molecule has 0 spiro atoms. The van der Waals surface area contributed by atoms with Crippen LogP contribution in [0, 0.1) is 6.92 Å². The Kier molecular flexibility index (Phi) is 6.02. The first-order valence-electron chi connectivity index (χ1n) is 6.25. The number of carbonyl (C=O) groups excluding carboxylic acids is 2. The Balaban J connectivity index is 2.63. The molecule has 19 heavy (non-hydrogen) atoms. The van der Waals surface area contributed by atoms with Crippen molar-refractivity contribution in [3.63, 3.8) is 0 Å². The summed E-state index contributed by atoms with van der Waals surface area (Å²) in [5.74, 6) is -0.263. The summed E-state index contributed by atoms with van der Waals surface area (Å²) in [7, 11) is 0. The highest BCUT2D eigenvalue weighted by Gasteiger charge is 2.12. The third-order valence-electron chi connectivity index (χ3n) is 2.73. The van der Waals surface area contributed by atoms with Gasteiger partial charge in [-0.3, -0.25) is 9.59 Å². The predicted octanol–water partition coefficient (Wildman–Crippen LogP) is 2.95. The van der Waals surface area contributed by atoms with Crippen LogP contribution < -0.4 is 5.32 Å². The maximum absolute atomic E-state index is 11.9. The standard InChI is InChI=1S/C14H19BrN2O2/c1-4-7-17(11(3)18)9-14(19)16-12-6-5-10(2)13(15)8-12/h5-6,8H,4,7,9H2,1-3H3,(H,16,19). The molecule has 104 valence electrons. The van der Waals surface area contributed by atoms with Crippen LogP contribution in [0.3, 0.4) is 0 Å². The Labute approximate surface area is 122 Å². The van der Waals surface area contributed by atoms with Gasteiger partial charge in [0.25, 0.3) is 0 Å². The van der Waals surface area contributed by atoms with Crippen LogP contribution in [-0.2, 0) is 9.59 Å². The zero-order valence-electron chi connectivity index (χ0n) is 11.5. The van der Waals surface area contributed by atoms with E-state index in [1.54, 1.807) is 4.90 Å². The summed E-state index contributed by atoms with van der Waals surface area (Å²) < 4.78 is 0.947. The molecule has 0 heterocycles. The molecule has 0 saturated carbocycles. The van der Waals surface area contributed by atoms with Gasteiger partial charge in [-0.05, 0) is 31.0 Å². The number of amides is 2. The molecule has 1 rings (SSSR count). The lowest BCUT2D eigenvalue weighted by atomic mass is 10.2. The maximum atomic E-state index is 11.9. The quantitative estimate of drug-likeness (QED) is 0.904. The monoisotopic (exact) mass is 326 g/mol. The molecule has 2 amide bonds. The van der Waals surface area contributed by atoms with E-state index in [1.807, 2.05) is 32.0 Å². The molecule has 0 bridgehead atoms. The number of halogens is 1. The van der Waals surface area contributed by atoms with Crippen molar-refractivity contribution in [3.05, 3.63) is 28.2 Å². The smallest absolute Gasteiger partial charge is 0.243 e. The molecular weight excluding hydrogens is 308 g/mol. The van der Waals surface area contributed by atoms with Crippen molar-refractivity contribution in [1.82, 2.24) is 4.90 Å². The molecule has 1 aromatic rings. The SMILES string of the molecule is CCCN(CC(=O)Nc1ccc(C)c(Br)c1)C(C)=O. The molecule has 1 aromatic carbocycles. The first-order valence-corrected chi connectivity index (χ1v) is 7.04. The predicted molar refractivity (Wildman–Crippen MR) is 80.1 cm³/mol. The minimum atomic E-state index is -0.181. The Morgan fingerprint density at radius 2 is 2.05 bits per heavy atom. The van der Waals surface area contributed by atoms with Gasteiger partial charge in [-0.2, -0.15) is 0 Å². The Morgan fingerprint density at radius 1 is 1.37 bits per heavy atom. The van der Waals surface area contributed by atoms with Gasteiger partial charge in [-0.15, -0.1) is 0 Å². The second-order valence-electron chi connectivity index (χ2n) is 4.45. The second-order valence-corrected chi connectivity index (χ2v) is 5.31. The van der Waals surface area contributed by atoms with Crippen molar-refractivity contribution in [3.8, 4) is 0 Å². The molecule has 0 fully saturated rings. The maximum Gasteiger partial charge on any atom is 0.243 e. The average Bonchev–Trinajstić information content (AvgIpc) is 2.33. The van der Waals surface area contributed by atoms with Crippen LogP contribution in [0.2, 0.25) is 0 Å². The van der Waals surface area contributed by atoms with E-state index in [0.29, 0.717) is 6.54 Å². The fraction of sp³-hybridized carbons (Fsp3) is 0.429.